The van der Waals surface area contributed by atoms with Gasteiger partial charge in [0, 0.05) is 0 Å². The van der Waals surface area contributed by atoms with Gasteiger partial charge in [0.25, 0.3) is 0 Å². The van der Waals surface area contributed by atoms with Crippen LogP contribution in [0, 0.1) is 45.3 Å². The van der Waals surface area contributed by atoms with Crippen LogP contribution in [0.2, 0.25) is 0 Å². The third-order valence-electron chi connectivity index (χ3n) is 12.0. The van der Waals surface area contributed by atoms with E-state index in [4.69, 9.17) is 0 Å². The van der Waals surface area contributed by atoms with Crippen molar-refractivity contribution < 1.29 is 5.11 Å². The predicted molar refractivity (Wildman–Crippen MR) is 137 cm³/mol. The molecule has 3 fully saturated rings. The van der Waals surface area contributed by atoms with E-state index in [9.17, 15) is 5.11 Å². The van der Waals surface area contributed by atoms with Crippen molar-refractivity contribution in [3.63, 3.8) is 0 Å². The zero-order chi connectivity index (χ0) is 23.5. The van der Waals surface area contributed by atoms with Gasteiger partial charge < -0.3 is 5.11 Å². The number of aliphatic hydroxyl groups is 1. The quantitative estimate of drug-likeness (QED) is 0.424. The number of fused-ring (bicyclic) bond motifs is 5. The van der Waals surface area contributed by atoms with Crippen LogP contribution in [-0.4, -0.2) is 11.2 Å². The van der Waals surface area contributed by atoms with E-state index in [1.807, 2.05) is 5.57 Å². The lowest BCUT2D eigenvalue weighted by Crippen LogP contribution is -2.62. The highest BCUT2D eigenvalue weighted by Gasteiger charge is 2.66. The van der Waals surface area contributed by atoms with E-state index >= 15 is 0 Å². The van der Waals surface area contributed by atoms with E-state index in [2.05, 4.69) is 67.5 Å². The largest absolute Gasteiger partial charge is 0.393 e. The van der Waals surface area contributed by atoms with Gasteiger partial charge in [0.15, 0.2) is 0 Å². The van der Waals surface area contributed by atoms with E-state index in [1.165, 1.54) is 63.4 Å². The number of aliphatic hydroxyl groups excluding tert-OH is 1. The van der Waals surface area contributed by atoms with Gasteiger partial charge in [0.1, 0.15) is 0 Å². The van der Waals surface area contributed by atoms with Crippen LogP contribution in [0.5, 0.6) is 0 Å². The highest BCUT2D eigenvalue weighted by atomic mass is 16.3. The first-order chi connectivity index (χ1) is 14.9. The average molecular weight is 441 g/mol. The van der Waals surface area contributed by atoms with Gasteiger partial charge in [-0.25, -0.2) is 0 Å². The zero-order valence-electron chi connectivity index (χ0n) is 22.6. The Balaban J connectivity index is 1.65. The smallest absolute Gasteiger partial charge is 0.0594 e. The molecule has 0 saturated heterocycles. The molecule has 0 amide bonds. The van der Waals surface area contributed by atoms with Gasteiger partial charge in [-0.05, 0) is 117 Å². The van der Waals surface area contributed by atoms with E-state index < -0.39 is 0 Å². The summed E-state index contributed by atoms with van der Waals surface area (Å²) in [6, 6.07) is 0. The molecule has 0 heterocycles. The fourth-order valence-corrected chi connectivity index (χ4v) is 9.89. The van der Waals surface area contributed by atoms with Gasteiger partial charge in [-0.15, -0.1) is 0 Å². The van der Waals surface area contributed by atoms with Crippen molar-refractivity contribution in [2.75, 3.05) is 0 Å². The Bertz CT molecular complexity index is 769. The second-order valence-corrected chi connectivity index (χ2v) is 13.8. The van der Waals surface area contributed by atoms with Gasteiger partial charge in [-0.3, -0.25) is 0 Å². The SMILES string of the molecule is CC[C@@H](CCC=C(C)C)[C@@H]1CC[C@]2(C)C1=CC[C@@H]1[C@@]3(C)CC[C@H](O)C(C)(C)[C@@H]3CC[C@]12C. The molecule has 32 heavy (non-hydrogen) atoms. The summed E-state index contributed by atoms with van der Waals surface area (Å²) in [6.45, 7) is 19.6. The van der Waals surface area contributed by atoms with Crippen LogP contribution < -0.4 is 0 Å². The fraction of sp³-hybridized carbons (Fsp3) is 0.871. The number of hydrogen-bond acceptors (Lipinski definition) is 1. The molecule has 4 rings (SSSR count). The summed E-state index contributed by atoms with van der Waals surface area (Å²) in [5.41, 5.74) is 4.53. The average Bonchev–Trinajstić information content (AvgIpc) is 3.07. The monoisotopic (exact) mass is 440 g/mol. The second-order valence-electron chi connectivity index (χ2n) is 13.8. The van der Waals surface area contributed by atoms with Gasteiger partial charge in [0.2, 0.25) is 0 Å². The van der Waals surface area contributed by atoms with Crippen LogP contribution in [0.1, 0.15) is 120 Å². The first kappa shape index (κ1) is 24.6. The topological polar surface area (TPSA) is 20.2 Å². The molecule has 4 aliphatic rings. The molecule has 4 aliphatic carbocycles. The molecular weight excluding hydrogens is 388 g/mol. The van der Waals surface area contributed by atoms with Crippen LogP contribution in [0.25, 0.3) is 0 Å². The Morgan fingerprint density at radius 1 is 1.03 bits per heavy atom. The highest BCUT2D eigenvalue weighted by molar-refractivity contribution is 5.32. The Morgan fingerprint density at radius 3 is 2.41 bits per heavy atom. The van der Waals surface area contributed by atoms with Gasteiger partial charge in [-0.2, -0.15) is 0 Å². The molecule has 0 aromatic carbocycles. The Hall–Kier alpha value is -0.560. The van der Waals surface area contributed by atoms with Crippen LogP contribution in [-0.2, 0) is 0 Å². The Morgan fingerprint density at radius 2 is 1.75 bits per heavy atom. The molecule has 0 unspecified atom stereocenters. The second kappa shape index (κ2) is 8.28. The minimum Gasteiger partial charge on any atom is -0.393 e. The summed E-state index contributed by atoms with van der Waals surface area (Å²) in [4.78, 5) is 0. The maximum absolute atomic E-state index is 10.9. The summed E-state index contributed by atoms with van der Waals surface area (Å²) in [6.07, 6.45) is 17.9. The molecule has 182 valence electrons. The lowest BCUT2D eigenvalue weighted by Gasteiger charge is -2.68. The van der Waals surface area contributed by atoms with Crippen molar-refractivity contribution in [3.05, 3.63) is 23.3 Å². The van der Waals surface area contributed by atoms with Crippen LogP contribution in [0.4, 0.5) is 0 Å². The Labute approximate surface area is 199 Å². The Kier molecular flexibility index (Phi) is 6.36. The summed E-state index contributed by atoms with van der Waals surface area (Å²) in [5, 5.41) is 10.9. The summed E-state index contributed by atoms with van der Waals surface area (Å²) in [5.74, 6) is 3.07. The molecule has 0 aromatic rings. The van der Waals surface area contributed by atoms with Crippen LogP contribution >= 0.6 is 0 Å². The molecule has 3 saturated carbocycles. The summed E-state index contributed by atoms with van der Waals surface area (Å²) >= 11 is 0. The third-order valence-corrected chi connectivity index (χ3v) is 12.0. The first-order valence-corrected chi connectivity index (χ1v) is 13.9. The number of hydrogen-bond donors (Lipinski definition) is 1. The van der Waals surface area contributed by atoms with Crippen molar-refractivity contribution in [3.8, 4) is 0 Å². The van der Waals surface area contributed by atoms with E-state index in [0.717, 1.165) is 24.2 Å². The molecule has 1 N–H and O–H groups in total. The van der Waals surface area contributed by atoms with Gasteiger partial charge >= 0.3 is 0 Å². The van der Waals surface area contributed by atoms with Crippen molar-refractivity contribution in [1.82, 2.24) is 0 Å². The van der Waals surface area contributed by atoms with Crippen LogP contribution in [0.3, 0.4) is 0 Å². The van der Waals surface area contributed by atoms with Crippen LogP contribution in [0.15, 0.2) is 23.3 Å². The lowest BCUT2D eigenvalue weighted by atomic mass is 9.37. The minimum atomic E-state index is -0.128. The molecule has 1 heteroatoms. The molecule has 0 radical (unpaired) electrons. The first-order valence-electron chi connectivity index (χ1n) is 13.9. The fourth-order valence-electron chi connectivity index (χ4n) is 9.89. The summed E-state index contributed by atoms with van der Waals surface area (Å²) < 4.78 is 0. The predicted octanol–water partition coefficient (Wildman–Crippen LogP) is 8.73. The van der Waals surface area contributed by atoms with Crippen molar-refractivity contribution in [2.45, 2.75) is 126 Å². The molecule has 8 atom stereocenters. The maximum atomic E-state index is 10.9. The zero-order valence-corrected chi connectivity index (χ0v) is 22.6. The molecule has 1 nitrogen and oxygen atoms in total. The van der Waals surface area contributed by atoms with Crippen molar-refractivity contribution in [2.24, 2.45) is 45.3 Å². The summed E-state index contributed by atoms with van der Waals surface area (Å²) in [7, 11) is 0. The van der Waals surface area contributed by atoms with E-state index in [0.29, 0.717) is 22.2 Å². The molecule has 0 aliphatic heterocycles. The van der Waals surface area contributed by atoms with Gasteiger partial charge in [-0.1, -0.05) is 71.3 Å². The molecule has 0 bridgehead atoms. The third kappa shape index (κ3) is 3.42. The van der Waals surface area contributed by atoms with E-state index in [1.54, 1.807) is 0 Å². The van der Waals surface area contributed by atoms with Gasteiger partial charge in [0.05, 0.1) is 6.10 Å². The highest BCUT2D eigenvalue weighted by Crippen LogP contribution is 2.74. The van der Waals surface area contributed by atoms with E-state index in [-0.39, 0.29) is 11.5 Å². The number of rotatable bonds is 5. The molecule has 0 spiro atoms. The normalized spacial score (nSPS) is 45.8. The van der Waals surface area contributed by atoms with Crippen molar-refractivity contribution in [1.29, 1.82) is 0 Å². The molecular formula is C31H52O. The molecule has 0 aromatic heterocycles. The standard InChI is InChI=1S/C31H52O/c1-9-22(12-10-11-21(2)3)23-15-19-30(7)24(23)13-14-26-29(6)18-17-27(32)28(4,5)25(29)16-20-31(26,30)8/h11,13,22-23,25-27,32H,9-10,12,14-20H2,1-8H3/t22-,23-,25-,26+,27-,29-,30+,31+/m0/s1. The minimum absolute atomic E-state index is 0.0513. The van der Waals surface area contributed by atoms with Crippen molar-refractivity contribution >= 4 is 0 Å². The number of allylic oxidation sites excluding steroid dienone is 4. The lowest BCUT2D eigenvalue weighted by molar-refractivity contribution is -0.193. The maximum Gasteiger partial charge on any atom is 0.0594 e.